The number of rotatable bonds is 7. The van der Waals surface area contributed by atoms with Crippen molar-refractivity contribution in [2.45, 2.75) is 0 Å². The fraction of sp³-hybridized carbons (Fsp3) is 0. The van der Waals surface area contributed by atoms with E-state index in [1.54, 1.807) is 0 Å². The molecule has 69 heavy (non-hydrogen) atoms. The Bertz CT molecular complexity index is 4290. The summed E-state index contributed by atoms with van der Waals surface area (Å²) in [7, 11) is 0. The van der Waals surface area contributed by atoms with Crippen molar-refractivity contribution in [3.63, 3.8) is 0 Å². The predicted molar refractivity (Wildman–Crippen MR) is 281 cm³/mol. The van der Waals surface area contributed by atoms with Crippen molar-refractivity contribution in [3.05, 3.63) is 231 Å². The molecule has 0 fully saturated rings. The number of nitrogens with zero attached hydrogens (tertiary/aromatic N) is 4. The Morgan fingerprint density at radius 2 is 0.710 bits per heavy atom. The zero-order chi connectivity index (χ0) is 45.4. The first kappa shape index (κ1) is 38.8. The number of fused-ring (bicyclic) bond motifs is 9. The number of hydrogen-bond acceptors (Lipinski definition) is 5. The maximum atomic E-state index is 6.78. The highest BCUT2D eigenvalue weighted by Gasteiger charge is 2.21. The summed E-state index contributed by atoms with van der Waals surface area (Å²) in [6.07, 6.45) is 0. The van der Waals surface area contributed by atoms with Crippen LogP contribution in [0.15, 0.2) is 239 Å². The van der Waals surface area contributed by atoms with Crippen LogP contribution in [0, 0.1) is 0 Å². The van der Waals surface area contributed by atoms with Crippen LogP contribution in [0.5, 0.6) is 0 Å². The first-order valence-corrected chi connectivity index (χ1v) is 23.2. The minimum atomic E-state index is 0.573. The summed E-state index contributed by atoms with van der Waals surface area (Å²) >= 11 is 0. The fourth-order valence-corrected chi connectivity index (χ4v) is 10.1. The summed E-state index contributed by atoms with van der Waals surface area (Å²) < 4.78 is 15.9. The van der Waals surface area contributed by atoms with Crippen LogP contribution in [0.1, 0.15) is 0 Å². The molecule has 14 aromatic rings. The molecular weight excluding hydrogens is 845 g/mol. The molecule has 6 heteroatoms. The van der Waals surface area contributed by atoms with E-state index >= 15 is 0 Å². The predicted octanol–water partition coefficient (Wildman–Crippen LogP) is 16.8. The SMILES string of the molecule is c1ccc(-c2ccc(-c3nc(-c4ccccc4)nc(-c4ccc5c(c4)oc4cc(-c6cc(-n7c8ccccc8c8cc(-c9ccccc9)ccc87)c7oc8ccccc8c7c6)ccc45)n3)cc2)cc1. The van der Waals surface area contributed by atoms with Gasteiger partial charge in [-0.3, -0.25) is 0 Å². The summed E-state index contributed by atoms with van der Waals surface area (Å²) in [6, 6.07) is 80.5. The summed E-state index contributed by atoms with van der Waals surface area (Å²) in [4.78, 5) is 15.1. The van der Waals surface area contributed by atoms with Crippen LogP contribution >= 0.6 is 0 Å². The van der Waals surface area contributed by atoms with Gasteiger partial charge in [0.2, 0.25) is 0 Å². The van der Waals surface area contributed by atoms with Crippen molar-refractivity contribution in [1.29, 1.82) is 0 Å². The van der Waals surface area contributed by atoms with E-state index < -0.39 is 0 Å². The summed E-state index contributed by atoms with van der Waals surface area (Å²) in [5, 5.41) is 6.55. The van der Waals surface area contributed by atoms with Crippen molar-refractivity contribution in [2.24, 2.45) is 0 Å². The average molecular weight is 883 g/mol. The molecule has 0 atom stereocenters. The monoisotopic (exact) mass is 882 g/mol. The zero-order valence-corrected chi connectivity index (χ0v) is 37.0. The first-order chi connectivity index (χ1) is 34.2. The lowest BCUT2D eigenvalue weighted by Gasteiger charge is -2.12. The smallest absolute Gasteiger partial charge is 0.164 e. The van der Waals surface area contributed by atoms with Crippen LogP contribution < -0.4 is 0 Å². The van der Waals surface area contributed by atoms with Crippen molar-refractivity contribution >= 4 is 65.7 Å². The molecule has 0 saturated carbocycles. The number of furan rings is 2. The highest BCUT2D eigenvalue weighted by molar-refractivity contribution is 6.15. The standard InChI is InChI=1S/C63H38N4O2/c1-4-14-39(15-5-1)41-24-26-43(27-25-41)62-64-61(42-18-8-3-9-19-42)65-63(66-62)46-29-32-51-50-31-28-45(37-58(50)68-59(51)38-46)47-35-53-49-21-11-13-23-57(49)69-60(53)56(36-47)67-54-22-12-10-20-48(54)52-34-44(30-33-55(52)67)40-16-6-2-7-17-40/h1-38H. The summed E-state index contributed by atoms with van der Waals surface area (Å²) in [6.45, 7) is 0. The molecule has 14 rings (SSSR count). The van der Waals surface area contributed by atoms with Gasteiger partial charge in [-0.2, -0.15) is 0 Å². The molecule has 4 aromatic heterocycles. The molecule has 0 aliphatic heterocycles. The number of para-hydroxylation sites is 2. The topological polar surface area (TPSA) is 69.9 Å². The molecule has 0 N–H and O–H groups in total. The van der Waals surface area contributed by atoms with Gasteiger partial charge >= 0.3 is 0 Å². The second-order valence-electron chi connectivity index (χ2n) is 17.6. The van der Waals surface area contributed by atoms with Gasteiger partial charge in [-0.1, -0.05) is 170 Å². The Kier molecular flexibility index (Phi) is 8.79. The number of hydrogen-bond donors (Lipinski definition) is 0. The molecule has 0 aliphatic rings. The normalized spacial score (nSPS) is 11.8. The Balaban J connectivity index is 0.895. The third-order valence-electron chi connectivity index (χ3n) is 13.5. The van der Waals surface area contributed by atoms with Crippen molar-refractivity contribution < 1.29 is 8.83 Å². The van der Waals surface area contributed by atoms with Crippen LogP contribution in [0.2, 0.25) is 0 Å². The van der Waals surface area contributed by atoms with Crippen molar-refractivity contribution in [2.75, 3.05) is 0 Å². The van der Waals surface area contributed by atoms with E-state index in [-0.39, 0.29) is 0 Å². The van der Waals surface area contributed by atoms with Gasteiger partial charge in [0.15, 0.2) is 23.1 Å². The fourth-order valence-electron chi connectivity index (χ4n) is 10.1. The molecule has 4 heterocycles. The van der Waals surface area contributed by atoms with Gasteiger partial charge in [-0.05, 0) is 94.0 Å². The van der Waals surface area contributed by atoms with Crippen molar-refractivity contribution in [3.8, 4) is 73.2 Å². The maximum Gasteiger partial charge on any atom is 0.164 e. The lowest BCUT2D eigenvalue weighted by atomic mass is 9.99. The number of benzene rings is 10. The molecule has 10 aromatic carbocycles. The van der Waals surface area contributed by atoms with Gasteiger partial charge in [0.1, 0.15) is 16.7 Å². The van der Waals surface area contributed by atoms with Crippen LogP contribution in [0.25, 0.3) is 139 Å². The van der Waals surface area contributed by atoms with E-state index in [1.165, 1.54) is 21.9 Å². The molecule has 0 radical (unpaired) electrons. The molecule has 0 spiro atoms. The van der Waals surface area contributed by atoms with E-state index in [1.807, 2.05) is 42.5 Å². The third kappa shape index (κ3) is 6.53. The molecule has 0 saturated heterocycles. The third-order valence-corrected chi connectivity index (χ3v) is 13.5. The van der Waals surface area contributed by atoms with E-state index in [9.17, 15) is 0 Å². The minimum Gasteiger partial charge on any atom is -0.456 e. The van der Waals surface area contributed by atoms with E-state index in [2.05, 4.69) is 193 Å². The second kappa shape index (κ2) is 15.6. The lowest BCUT2D eigenvalue weighted by Crippen LogP contribution is -2.00. The Morgan fingerprint density at radius 3 is 1.42 bits per heavy atom. The lowest BCUT2D eigenvalue weighted by molar-refractivity contribution is 0.666. The molecule has 322 valence electrons. The molecular formula is C63H38N4O2. The van der Waals surface area contributed by atoms with Crippen LogP contribution in [0.3, 0.4) is 0 Å². The quantitative estimate of drug-likeness (QED) is 0.159. The highest BCUT2D eigenvalue weighted by atomic mass is 16.3. The summed E-state index contributed by atoms with van der Waals surface area (Å²) in [5.41, 5.74) is 15.9. The van der Waals surface area contributed by atoms with Gasteiger partial charge in [0.05, 0.1) is 16.7 Å². The van der Waals surface area contributed by atoms with Crippen LogP contribution in [-0.4, -0.2) is 19.5 Å². The molecule has 6 nitrogen and oxygen atoms in total. The highest BCUT2D eigenvalue weighted by Crippen LogP contribution is 2.43. The largest absolute Gasteiger partial charge is 0.456 e. The van der Waals surface area contributed by atoms with Gasteiger partial charge in [-0.15, -0.1) is 0 Å². The maximum absolute atomic E-state index is 6.78. The Morgan fingerprint density at radius 1 is 0.261 bits per heavy atom. The molecule has 0 amide bonds. The van der Waals surface area contributed by atoms with Gasteiger partial charge in [0.25, 0.3) is 0 Å². The Labute approximate surface area is 396 Å². The molecule has 0 bridgehead atoms. The minimum absolute atomic E-state index is 0.573. The number of aromatic nitrogens is 4. The van der Waals surface area contributed by atoms with Gasteiger partial charge in [-0.25, -0.2) is 15.0 Å². The zero-order valence-electron chi connectivity index (χ0n) is 37.0. The van der Waals surface area contributed by atoms with E-state index in [0.717, 1.165) is 99.5 Å². The average Bonchev–Trinajstić information content (AvgIpc) is 4.10. The second-order valence-corrected chi connectivity index (χ2v) is 17.6. The Hall–Kier alpha value is -9.39. The van der Waals surface area contributed by atoms with E-state index in [4.69, 9.17) is 23.8 Å². The van der Waals surface area contributed by atoms with Gasteiger partial charge in [0, 0.05) is 49.0 Å². The molecule has 0 aliphatic carbocycles. The first-order valence-electron chi connectivity index (χ1n) is 23.2. The van der Waals surface area contributed by atoms with Crippen molar-refractivity contribution in [1.82, 2.24) is 19.5 Å². The molecule has 0 unspecified atom stereocenters. The van der Waals surface area contributed by atoms with Crippen LogP contribution in [0.4, 0.5) is 0 Å². The summed E-state index contributed by atoms with van der Waals surface area (Å²) in [5.74, 6) is 1.78. The van der Waals surface area contributed by atoms with Gasteiger partial charge < -0.3 is 13.4 Å². The van der Waals surface area contributed by atoms with E-state index in [0.29, 0.717) is 17.5 Å². The van der Waals surface area contributed by atoms with Crippen LogP contribution in [-0.2, 0) is 0 Å².